The minimum atomic E-state index is -2.31. The molecule has 4 atom stereocenters. The van der Waals surface area contributed by atoms with E-state index in [1.54, 1.807) is 5.48 Å². The molecule has 118 valence electrons. The average Bonchev–Trinajstić information content (AvgIpc) is 3.04. The quantitative estimate of drug-likeness (QED) is 0.325. The van der Waals surface area contributed by atoms with Gasteiger partial charge < -0.3 is 0 Å². The molecule has 7 heteroatoms. The largest absolute Gasteiger partial charge is 0.311 e. The Balaban J connectivity index is 1.79. The van der Waals surface area contributed by atoms with Crippen LogP contribution in [0.5, 0.6) is 0 Å². The van der Waals surface area contributed by atoms with Crippen LogP contribution in [0.15, 0.2) is 16.5 Å². The molecule has 0 aromatic rings. The molecule has 6 nitrogen and oxygen atoms in total. The van der Waals surface area contributed by atoms with E-state index in [1.165, 1.54) is 6.42 Å². The molecule has 0 aromatic heterocycles. The SMILES string of the molecule is O=C(CCCC=CCC1C2CCC(C2)C1N=S(=O)=O)NO. The van der Waals surface area contributed by atoms with E-state index in [-0.39, 0.29) is 11.9 Å². The first-order chi connectivity index (χ1) is 10.1. The number of unbranched alkanes of at least 4 members (excludes halogenated alkanes) is 1. The van der Waals surface area contributed by atoms with Crippen LogP contribution in [0.25, 0.3) is 0 Å². The Morgan fingerprint density at radius 1 is 1.29 bits per heavy atom. The number of carbonyl (C=O) groups excluding carboxylic acids is 1. The summed E-state index contributed by atoms with van der Waals surface area (Å²) in [6, 6.07) is -0.0353. The van der Waals surface area contributed by atoms with E-state index < -0.39 is 10.5 Å². The molecular weight excluding hydrogens is 292 g/mol. The molecule has 0 spiro atoms. The van der Waals surface area contributed by atoms with Gasteiger partial charge in [-0.1, -0.05) is 12.2 Å². The van der Waals surface area contributed by atoms with Crippen molar-refractivity contribution in [2.24, 2.45) is 22.1 Å². The second-order valence-corrected chi connectivity index (χ2v) is 6.59. The number of allylic oxidation sites excluding steroid dienone is 2. The van der Waals surface area contributed by atoms with Crippen molar-refractivity contribution >= 4 is 16.4 Å². The lowest BCUT2D eigenvalue weighted by atomic mass is 9.83. The van der Waals surface area contributed by atoms with Gasteiger partial charge in [0.1, 0.15) is 0 Å². The molecular formula is C14H22N2O4S. The molecule has 0 heterocycles. The number of nitrogens with zero attached hydrogens (tertiary/aromatic N) is 1. The van der Waals surface area contributed by atoms with Gasteiger partial charge in [-0.2, -0.15) is 12.8 Å². The Hall–Kier alpha value is -1.21. The van der Waals surface area contributed by atoms with Gasteiger partial charge in [0.25, 0.3) is 0 Å². The second kappa shape index (κ2) is 7.70. The molecule has 4 unspecified atom stereocenters. The lowest BCUT2D eigenvalue weighted by Crippen LogP contribution is -2.25. The first kappa shape index (κ1) is 16.2. The van der Waals surface area contributed by atoms with Crippen LogP contribution in [0.2, 0.25) is 0 Å². The van der Waals surface area contributed by atoms with Gasteiger partial charge in [-0.3, -0.25) is 10.0 Å². The smallest absolute Gasteiger partial charge is 0.289 e. The molecule has 0 radical (unpaired) electrons. The maximum absolute atomic E-state index is 10.8. The van der Waals surface area contributed by atoms with Crippen molar-refractivity contribution in [3.63, 3.8) is 0 Å². The summed E-state index contributed by atoms with van der Waals surface area (Å²) < 4.78 is 25.6. The second-order valence-electron chi connectivity index (χ2n) is 5.94. The Morgan fingerprint density at radius 2 is 2.05 bits per heavy atom. The summed E-state index contributed by atoms with van der Waals surface area (Å²) in [4.78, 5) is 10.8. The number of amides is 1. The van der Waals surface area contributed by atoms with Crippen molar-refractivity contribution in [2.45, 2.75) is 51.0 Å². The molecule has 0 saturated heterocycles. The van der Waals surface area contributed by atoms with E-state index in [9.17, 15) is 13.2 Å². The topological polar surface area (TPSA) is 95.8 Å². The van der Waals surface area contributed by atoms with Gasteiger partial charge in [0.05, 0.1) is 6.04 Å². The third-order valence-electron chi connectivity index (χ3n) is 4.72. The molecule has 0 aromatic carbocycles. The Bertz CT molecular complexity index is 521. The van der Waals surface area contributed by atoms with E-state index in [0.29, 0.717) is 30.6 Å². The molecule has 2 aliphatic carbocycles. The summed E-state index contributed by atoms with van der Waals surface area (Å²) in [5.41, 5.74) is 1.61. The molecule has 0 aliphatic heterocycles. The number of carbonyl (C=O) groups is 1. The molecule has 2 aliphatic rings. The Kier molecular flexibility index (Phi) is 5.93. The summed E-state index contributed by atoms with van der Waals surface area (Å²) in [5.74, 6) is 1.03. The van der Waals surface area contributed by atoms with Crippen molar-refractivity contribution in [3.05, 3.63) is 12.2 Å². The average molecular weight is 314 g/mol. The normalized spacial score (nSPS) is 30.7. The Morgan fingerprint density at radius 3 is 2.76 bits per heavy atom. The van der Waals surface area contributed by atoms with Crippen molar-refractivity contribution in [2.75, 3.05) is 0 Å². The predicted octanol–water partition coefficient (Wildman–Crippen LogP) is 2.09. The number of hydrogen-bond donors (Lipinski definition) is 2. The Labute approximate surface area is 126 Å². The van der Waals surface area contributed by atoms with Crippen LogP contribution in [0.1, 0.15) is 44.9 Å². The molecule has 2 saturated carbocycles. The van der Waals surface area contributed by atoms with Crippen LogP contribution >= 0.6 is 0 Å². The van der Waals surface area contributed by atoms with Crippen LogP contribution < -0.4 is 5.48 Å². The summed E-state index contributed by atoms with van der Waals surface area (Å²) >= 11 is 0. The zero-order valence-corrected chi connectivity index (χ0v) is 12.8. The minimum absolute atomic E-state index is 0.0353. The van der Waals surface area contributed by atoms with Crippen LogP contribution in [-0.2, 0) is 15.3 Å². The van der Waals surface area contributed by atoms with Gasteiger partial charge in [-0.25, -0.2) is 5.48 Å². The first-order valence-corrected chi connectivity index (χ1v) is 8.53. The van der Waals surface area contributed by atoms with Crippen LogP contribution in [0, 0.1) is 17.8 Å². The molecule has 2 rings (SSSR count). The maximum Gasteiger partial charge on any atom is 0.311 e. The van der Waals surface area contributed by atoms with Crippen molar-refractivity contribution in [1.82, 2.24) is 5.48 Å². The van der Waals surface area contributed by atoms with Gasteiger partial charge in [0.15, 0.2) is 0 Å². The third kappa shape index (κ3) is 4.38. The highest BCUT2D eigenvalue weighted by Crippen LogP contribution is 2.51. The van der Waals surface area contributed by atoms with Gasteiger partial charge in [0, 0.05) is 6.42 Å². The summed E-state index contributed by atoms with van der Waals surface area (Å²) in [6.07, 6.45) is 10.2. The zero-order chi connectivity index (χ0) is 15.2. The van der Waals surface area contributed by atoms with E-state index >= 15 is 0 Å². The predicted molar refractivity (Wildman–Crippen MR) is 77.0 cm³/mol. The number of hydroxylamine groups is 1. The summed E-state index contributed by atoms with van der Waals surface area (Å²) in [6.45, 7) is 0. The fourth-order valence-corrected chi connectivity index (χ4v) is 4.31. The van der Waals surface area contributed by atoms with Crippen LogP contribution in [-0.4, -0.2) is 25.6 Å². The van der Waals surface area contributed by atoms with Gasteiger partial charge in [-0.15, -0.1) is 0 Å². The summed E-state index contributed by atoms with van der Waals surface area (Å²) in [7, 11) is -2.31. The van der Waals surface area contributed by atoms with Gasteiger partial charge >= 0.3 is 10.5 Å². The highest BCUT2D eigenvalue weighted by atomic mass is 32.2. The van der Waals surface area contributed by atoms with Crippen molar-refractivity contribution in [3.8, 4) is 0 Å². The highest BCUT2D eigenvalue weighted by molar-refractivity contribution is 7.61. The van der Waals surface area contributed by atoms with Crippen LogP contribution in [0.3, 0.4) is 0 Å². The monoisotopic (exact) mass is 314 g/mol. The van der Waals surface area contributed by atoms with E-state index in [1.807, 2.05) is 6.08 Å². The number of hydrogen-bond acceptors (Lipinski definition) is 5. The molecule has 2 fully saturated rings. The first-order valence-electron chi connectivity index (χ1n) is 7.50. The lowest BCUT2D eigenvalue weighted by Gasteiger charge is -2.25. The van der Waals surface area contributed by atoms with E-state index in [2.05, 4.69) is 10.4 Å². The lowest BCUT2D eigenvalue weighted by molar-refractivity contribution is -0.129. The van der Waals surface area contributed by atoms with Crippen molar-refractivity contribution < 1.29 is 18.4 Å². The molecule has 21 heavy (non-hydrogen) atoms. The summed E-state index contributed by atoms with van der Waals surface area (Å²) in [5, 5.41) is 8.36. The maximum atomic E-state index is 10.8. The highest BCUT2D eigenvalue weighted by Gasteiger charge is 2.47. The minimum Gasteiger partial charge on any atom is -0.289 e. The molecule has 2 N–H and O–H groups in total. The van der Waals surface area contributed by atoms with Gasteiger partial charge in [0.2, 0.25) is 5.91 Å². The van der Waals surface area contributed by atoms with Crippen LogP contribution in [0.4, 0.5) is 0 Å². The standard InChI is InChI=1S/C14H22N2O4S/c17-13(15-18)6-4-2-1-3-5-12-10-7-8-11(9-10)14(12)16-21(19)20/h1,3,10-12,14,18H,2,4-9H2,(H,15,17). The van der Waals surface area contributed by atoms with E-state index in [4.69, 9.17) is 5.21 Å². The zero-order valence-electron chi connectivity index (χ0n) is 11.9. The van der Waals surface area contributed by atoms with Gasteiger partial charge in [-0.05, 0) is 56.3 Å². The number of nitrogens with one attached hydrogen (secondary N) is 1. The number of fused-ring (bicyclic) bond motifs is 2. The molecule has 2 bridgehead atoms. The van der Waals surface area contributed by atoms with E-state index in [0.717, 1.165) is 25.7 Å². The third-order valence-corrected chi connectivity index (χ3v) is 5.14. The number of rotatable bonds is 7. The fraction of sp³-hybridized carbons (Fsp3) is 0.786. The van der Waals surface area contributed by atoms with Crippen molar-refractivity contribution in [1.29, 1.82) is 0 Å². The fourth-order valence-electron chi connectivity index (χ4n) is 3.78. The molecule has 1 amide bonds.